The SMILES string of the molecule is Cn1c(-c2cc(N3C[C@@H]4[C@H](C3)[C@@H]4NC(=O)O)ncc2Cl)nc2ccccc21. The van der Waals surface area contributed by atoms with Crippen LogP contribution in [0.25, 0.3) is 22.4 Å². The number of aryl methyl sites for hydroxylation is 1. The molecule has 3 atom stereocenters. The second-order valence-electron chi connectivity index (χ2n) is 7.21. The van der Waals surface area contributed by atoms with Crippen molar-refractivity contribution in [3.05, 3.63) is 41.6 Å². The molecule has 2 fully saturated rings. The number of rotatable bonds is 3. The fraction of sp³-hybridized carbons (Fsp3) is 0.316. The number of halogens is 1. The topological polar surface area (TPSA) is 83.3 Å². The summed E-state index contributed by atoms with van der Waals surface area (Å²) >= 11 is 6.45. The highest BCUT2D eigenvalue weighted by Crippen LogP contribution is 2.47. The number of fused-ring (bicyclic) bond motifs is 2. The maximum Gasteiger partial charge on any atom is 0.404 e. The molecule has 1 saturated heterocycles. The van der Waals surface area contributed by atoms with Crippen molar-refractivity contribution in [2.24, 2.45) is 18.9 Å². The molecule has 0 bridgehead atoms. The van der Waals surface area contributed by atoms with Crippen LogP contribution in [0.3, 0.4) is 0 Å². The Labute approximate surface area is 160 Å². The summed E-state index contributed by atoms with van der Waals surface area (Å²) in [4.78, 5) is 22.2. The normalized spacial score (nSPS) is 23.5. The number of benzene rings is 1. The number of carboxylic acid groups (broad SMARTS) is 1. The molecule has 1 aliphatic heterocycles. The van der Waals surface area contributed by atoms with Gasteiger partial charge in [-0.25, -0.2) is 14.8 Å². The molecule has 2 N–H and O–H groups in total. The van der Waals surface area contributed by atoms with E-state index in [-0.39, 0.29) is 6.04 Å². The second-order valence-corrected chi connectivity index (χ2v) is 7.62. The highest BCUT2D eigenvalue weighted by atomic mass is 35.5. The number of hydrogen-bond acceptors (Lipinski definition) is 4. The standard InChI is InChI=1S/C19H18ClN5O2/c1-24-15-5-3-2-4-14(15)22-18(24)10-6-16(21-7-13(10)20)25-8-11-12(9-25)17(11)23-19(26)27/h2-7,11-12,17,23H,8-9H2,1H3,(H,26,27)/t11-,12+,17-. The maximum atomic E-state index is 10.8. The number of amides is 1. The molecule has 3 heterocycles. The van der Waals surface area contributed by atoms with Gasteiger partial charge in [0.25, 0.3) is 0 Å². The number of imidazole rings is 1. The lowest BCUT2D eigenvalue weighted by Gasteiger charge is -2.21. The van der Waals surface area contributed by atoms with Gasteiger partial charge in [-0.15, -0.1) is 0 Å². The summed E-state index contributed by atoms with van der Waals surface area (Å²) in [6.07, 6.45) is 0.720. The zero-order chi connectivity index (χ0) is 18.7. The minimum Gasteiger partial charge on any atom is -0.465 e. The second kappa shape index (κ2) is 5.85. The highest BCUT2D eigenvalue weighted by Gasteiger charge is 2.56. The molecule has 3 aromatic rings. The van der Waals surface area contributed by atoms with Crippen LogP contribution in [0, 0.1) is 11.8 Å². The van der Waals surface area contributed by atoms with E-state index in [1.165, 1.54) is 0 Å². The summed E-state index contributed by atoms with van der Waals surface area (Å²) in [7, 11) is 1.98. The van der Waals surface area contributed by atoms with Gasteiger partial charge < -0.3 is 19.9 Å². The Morgan fingerprint density at radius 3 is 2.74 bits per heavy atom. The van der Waals surface area contributed by atoms with Crippen molar-refractivity contribution >= 4 is 34.5 Å². The molecule has 2 aromatic heterocycles. The summed E-state index contributed by atoms with van der Waals surface area (Å²) in [6.45, 7) is 1.60. The van der Waals surface area contributed by atoms with Crippen molar-refractivity contribution in [3.63, 3.8) is 0 Å². The number of nitrogens with zero attached hydrogens (tertiary/aromatic N) is 4. The summed E-state index contributed by atoms with van der Waals surface area (Å²) < 4.78 is 2.04. The Morgan fingerprint density at radius 2 is 2.04 bits per heavy atom. The third-order valence-electron chi connectivity index (χ3n) is 5.68. The van der Waals surface area contributed by atoms with Crippen LogP contribution in [-0.2, 0) is 7.05 Å². The van der Waals surface area contributed by atoms with Gasteiger partial charge in [-0.05, 0) is 18.2 Å². The Kier molecular flexibility index (Phi) is 3.55. The first kappa shape index (κ1) is 16.4. The molecule has 0 spiro atoms. The van der Waals surface area contributed by atoms with Crippen molar-refractivity contribution in [1.82, 2.24) is 19.9 Å². The highest BCUT2D eigenvalue weighted by molar-refractivity contribution is 6.33. The van der Waals surface area contributed by atoms with Gasteiger partial charge in [0.1, 0.15) is 11.6 Å². The van der Waals surface area contributed by atoms with Crippen LogP contribution in [0.4, 0.5) is 10.6 Å². The largest absolute Gasteiger partial charge is 0.465 e. The van der Waals surface area contributed by atoms with Crippen molar-refractivity contribution in [3.8, 4) is 11.4 Å². The molecule has 1 aliphatic carbocycles. The quantitative estimate of drug-likeness (QED) is 0.726. The summed E-state index contributed by atoms with van der Waals surface area (Å²) in [5, 5.41) is 12.0. The predicted octanol–water partition coefficient (Wildman–Crippen LogP) is 2.99. The fourth-order valence-corrected chi connectivity index (χ4v) is 4.42. The molecule has 138 valence electrons. The molecule has 8 heteroatoms. The van der Waals surface area contributed by atoms with Crippen LogP contribution >= 0.6 is 11.6 Å². The van der Waals surface area contributed by atoms with Crippen LogP contribution in [0.15, 0.2) is 36.5 Å². The summed E-state index contributed by atoms with van der Waals surface area (Å²) in [5.74, 6) is 2.37. The number of piperidine rings is 1. The number of anilines is 1. The van der Waals surface area contributed by atoms with Crippen molar-refractivity contribution in [2.75, 3.05) is 18.0 Å². The lowest BCUT2D eigenvalue weighted by atomic mass is 10.2. The van der Waals surface area contributed by atoms with E-state index in [0.717, 1.165) is 41.3 Å². The monoisotopic (exact) mass is 383 g/mol. The Morgan fingerprint density at radius 1 is 1.30 bits per heavy atom. The van der Waals surface area contributed by atoms with Crippen LogP contribution < -0.4 is 10.2 Å². The van der Waals surface area contributed by atoms with Crippen molar-refractivity contribution in [2.45, 2.75) is 6.04 Å². The summed E-state index contributed by atoms with van der Waals surface area (Å²) in [6, 6.07) is 10.0. The first-order chi connectivity index (χ1) is 13.0. The average molecular weight is 384 g/mol. The molecule has 0 unspecified atom stereocenters. The molecule has 27 heavy (non-hydrogen) atoms. The van der Waals surface area contributed by atoms with Gasteiger partial charge in [-0.2, -0.15) is 0 Å². The maximum absolute atomic E-state index is 10.8. The molecule has 2 aliphatic rings. The van der Waals surface area contributed by atoms with Gasteiger partial charge in [-0.3, -0.25) is 0 Å². The van der Waals surface area contributed by atoms with E-state index in [4.69, 9.17) is 21.7 Å². The first-order valence-corrected chi connectivity index (χ1v) is 9.22. The molecule has 1 amide bonds. The molecule has 0 radical (unpaired) electrons. The number of pyridine rings is 1. The number of para-hydroxylation sites is 2. The van der Waals surface area contributed by atoms with Crippen LogP contribution in [0.1, 0.15) is 0 Å². The van der Waals surface area contributed by atoms with E-state index in [2.05, 4.69) is 15.2 Å². The summed E-state index contributed by atoms with van der Waals surface area (Å²) in [5.41, 5.74) is 2.82. The van der Waals surface area contributed by atoms with E-state index >= 15 is 0 Å². The Hall–Kier alpha value is -2.80. The van der Waals surface area contributed by atoms with Crippen LogP contribution in [-0.4, -0.2) is 44.9 Å². The zero-order valence-corrected chi connectivity index (χ0v) is 15.4. The third-order valence-corrected chi connectivity index (χ3v) is 5.98. The van der Waals surface area contributed by atoms with E-state index in [1.807, 2.05) is 41.9 Å². The van der Waals surface area contributed by atoms with E-state index < -0.39 is 6.09 Å². The predicted molar refractivity (Wildman–Crippen MR) is 103 cm³/mol. The smallest absolute Gasteiger partial charge is 0.404 e. The minimum absolute atomic E-state index is 0.0744. The fourth-order valence-electron chi connectivity index (χ4n) is 4.23. The van der Waals surface area contributed by atoms with Gasteiger partial charge in [-0.1, -0.05) is 23.7 Å². The molecule has 5 rings (SSSR count). The number of hydrogen-bond donors (Lipinski definition) is 2. The minimum atomic E-state index is -0.949. The van der Waals surface area contributed by atoms with Gasteiger partial charge in [0, 0.05) is 49.8 Å². The van der Waals surface area contributed by atoms with Crippen LogP contribution in [0.5, 0.6) is 0 Å². The van der Waals surface area contributed by atoms with E-state index in [9.17, 15) is 4.79 Å². The van der Waals surface area contributed by atoms with Gasteiger partial charge in [0.15, 0.2) is 0 Å². The molecule has 1 aromatic carbocycles. The Bertz CT molecular complexity index is 1050. The van der Waals surface area contributed by atoms with Gasteiger partial charge >= 0.3 is 6.09 Å². The van der Waals surface area contributed by atoms with Gasteiger partial charge in [0.2, 0.25) is 0 Å². The zero-order valence-electron chi connectivity index (χ0n) is 14.6. The lowest BCUT2D eigenvalue weighted by molar-refractivity contribution is 0.192. The van der Waals surface area contributed by atoms with Gasteiger partial charge in [0.05, 0.1) is 16.1 Å². The average Bonchev–Trinajstić information content (AvgIpc) is 2.99. The molecular formula is C19H18ClN5O2. The first-order valence-electron chi connectivity index (χ1n) is 8.84. The van der Waals surface area contributed by atoms with Crippen molar-refractivity contribution < 1.29 is 9.90 Å². The van der Waals surface area contributed by atoms with E-state index in [1.54, 1.807) is 6.20 Å². The number of carbonyl (C=O) groups is 1. The van der Waals surface area contributed by atoms with E-state index in [0.29, 0.717) is 16.9 Å². The number of aromatic nitrogens is 3. The third kappa shape index (κ3) is 2.61. The molecule has 1 saturated carbocycles. The van der Waals surface area contributed by atoms with Crippen molar-refractivity contribution in [1.29, 1.82) is 0 Å². The Balaban J connectivity index is 1.44. The number of nitrogens with one attached hydrogen (secondary N) is 1. The van der Waals surface area contributed by atoms with Crippen LogP contribution in [0.2, 0.25) is 5.02 Å². The molecule has 7 nitrogen and oxygen atoms in total. The molecular weight excluding hydrogens is 366 g/mol. The lowest BCUT2D eigenvalue weighted by Crippen LogP contribution is -2.34.